The van der Waals surface area contributed by atoms with E-state index in [1.165, 1.54) is 28.7 Å². The van der Waals surface area contributed by atoms with Crippen molar-refractivity contribution in [3.63, 3.8) is 0 Å². The SMILES string of the molecule is O=S(=O)(Oc1ccccc1I)C(F)(F)C(F)(F)C(F)(F)C(F)(F)F. The minimum atomic E-state index is -7.33. The highest BCUT2D eigenvalue weighted by Gasteiger charge is 2.86. The molecule has 0 fully saturated rings. The summed E-state index contributed by atoms with van der Waals surface area (Å²) in [7, 11) is -6.90. The van der Waals surface area contributed by atoms with Gasteiger partial charge in [0.2, 0.25) is 0 Å². The molecule has 0 aliphatic carbocycles. The molecule has 0 saturated carbocycles. The second kappa shape index (κ2) is 6.10. The third-order valence-electron chi connectivity index (χ3n) is 2.47. The molecule has 1 aromatic carbocycles. The first-order chi connectivity index (χ1) is 10.5. The zero-order valence-corrected chi connectivity index (χ0v) is 13.7. The molecule has 0 radical (unpaired) electrons. The van der Waals surface area contributed by atoms with Crippen LogP contribution in [0.15, 0.2) is 24.3 Å². The molecule has 0 aliphatic heterocycles. The standard InChI is InChI=1S/C10H4F9IO3S/c11-7(12,9(15,16)17)8(13,14)10(18,19)24(21,22)23-6-4-2-1-3-5(6)20/h1-4H. The maximum absolute atomic E-state index is 13.4. The Morgan fingerprint density at radius 3 is 1.71 bits per heavy atom. The lowest BCUT2D eigenvalue weighted by atomic mass is 10.1. The number of rotatable bonds is 5. The highest BCUT2D eigenvalue weighted by Crippen LogP contribution is 2.55. The van der Waals surface area contributed by atoms with Gasteiger partial charge in [-0.1, -0.05) is 12.1 Å². The predicted molar refractivity (Wildman–Crippen MR) is 69.6 cm³/mol. The molecule has 0 atom stereocenters. The van der Waals surface area contributed by atoms with Crippen molar-refractivity contribution in [1.82, 2.24) is 0 Å². The van der Waals surface area contributed by atoms with E-state index < -0.39 is 39.1 Å². The van der Waals surface area contributed by atoms with Crippen molar-refractivity contribution < 1.29 is 52.1 Å². The van der Waals surface area contributed by atoms with Crippen molar-refractivity contribution in [3.8, 4) is 5.75 Å². The fraction of sp³-hybridized carbons (Fsp3) is 0.400. The van der Waals surface area contributed by atoms with E-state index in [4.69, 9.17) is 0 Å². The van der Waals surface area contributed by atoms with Gasteiger partial charge in [0.05, 0.1) is 3.57 Å². The summed E-state index contributed by atoms with van der Waals surface area (Å²) in [5.74, 6) is -15.6. The number of alkyl halides is 9. The molecular formula is C10H4F9IO3S. The highest BCUT2D eigenvalue weighted by atomic mass is 127. The molecule has 0 N–H and O–H groups in total. The summed E-state index contributed by atoms with van der Waals surface area (Å²) in [5, 5.41) is -6.88. The largest absolute Gasteiger partial charge is 0.460 e. The van der Waals surface area contributed by atoms with Gasteiger partial charge in [0.1, 0.15) is 0 Å². The quantitative estimate of drug-likeness (QED) is 0.340. The van der Waals surface area contributed by atoms with E-state index in [1.807, 2.05) is 0 Å². The summed E-state index contributed by atoms with van der Waals surface area (Å²) in [6, 6.07) is 4.06. The number of hydrogen-bond donors (Lipinski definition) is 0. The lowest BCUT2D eigenvalue weighted by molar-refractivity contribution is -0.382. The van der Waals surface area contributed by atoms with E-state index in [2.05, 4.69) is 4.18 Å². The third kappa shape index (κ3) is 3.25. The van der Waals surface area contributed by atoms with Gasteiger partial charge < -0.3 is 4.18 Å². The minimum Gasteiger partial charge on any atom is -0.377 e. The van der Waals surface area contributed by atoms with E-state index in [-0.39, 0.29) is 3.57 Å². The van der Waals surface area contributed by atoms with E-state index >= 15 is 0 Å². The van der Waals surface area contributed by atoms with E-state index in [9.17, 15) is 47.9 Å². The van der Waals surface area contributed by atoms with Crippen LogP contribution in [0.5, 0.6) is 5.75 Å². The normalized spacial score (nSPS) is 14.6. The molecule has 14 heteroatoms. The van der Waals surface area contributed by atoms with Crippen LogP contribution in [0.4, 0.5) is 39.5 Å². The molecule has 0 amide bonds. The molecule has 0 aromatic heterocycles. The second-order valence-electron chi connectivity index (χ2n) is 4.13. The third-order valence-corrected chi connectivity index (χ3v) is 4.64. The Kier molecular flexibility index (Phi) is 5.37. The molecular weight excluding hydrogens is 498 g/mol. The van der Waals surface area contributed by atoms with Crippen molar-refractivity contribution in [3.05, 3.63) is 27.8 Å². The molecule has 0 bridgehead atoms. The lowest BCUT2D eigenvalue weighted by Crippen LogP contribution is -2.63. The summed E-state index contributed by atoms with van der Waals surface area (Å²) < 4.78 is 140. The number of para-hydroxylation sites is 1. The van der Waals surface area contributed by atoms with Crippen molar-refractivity contribution >= 4 is 32.7 Å². The summed E-state index contributed by atoms with van der Waals surface area (Å²) >= 11 is 1.33. The summed E-state index contributed by atoms with van der Waals surface area (Å²) in [5.41, 5.74) is 0. The zero-order chi connectivity index (χ0) is 19.2. The molecule has 1 aromatic rings. The van der Waals surface area contributed by atoms with Crippen molar-refractivity contribution in [2.75, 3.05) is 0 Å². The van der Waals surface area contributed by atoms with Gasteiger partial charge in [-0.15, -0.1) is 0 Å². The highest BCUT2D eigenvalue weighted by molar-refractivity contribution is 14.1. The van der Waals surface area contributed by atoms with Crippen LogP contribution in [0.2, 0.25) is 0 Å². The van der Waals surface area contributed by atoms with Crippen LogP contribution >= 0.6 is 22.6 Å². The lowest BCUT2D eigenvalue weighted by Gasteiger charge is -2.32. The minimum absolute atomic E-state index is 0.208. The number of halogens is 10. The molecule has 0 unspecified atom stereocenters. The fourth-order valence-corrected chi connectivity index (χ4v) is 2.78. The molecule has 138 valence electrons. The summed E-state index contributed by atoms with van der Waals surface area (Å²) in [6.45, 7) is 0. The molecule has 3 nitrogen and oxygen atoms in total. The van der Waals surface area contributed by atoms with E-state index in [1.54, 1.807) is 0 Å². The Labute approximate surface area is 142 Å². The fourth-order valence-electron chi connectivity index (χ4n) is 1.20. The Hall–Kier alpha value is -0.930. The van der Waals surface area contributed by atoms with Crippen LogP contribution in [0, 0.1) is 3.57 Å². The summed E-state index contributed by atoms with van der Waals surface area (Å²) in [6.07, 6.45) is -7.13. The van der Waals surface area contributed by atoms with Crippen molar-refractivity contribution in [2.45, 2.75) is 23.3 Å². The molecule has 0 heterocycles. The summed E-state index contributed by atoms with van der Waals surface area (Å²) in [4.78, 5) is 0. The van der Waals surface area contributed by atoms with Gasteiger partial charge in [-0.05, 0) is 34.7 Å². The van der Waals surface area contributed by atoms with Gasteiger partial charge in [-0.2, -0.15) is 47.9 Å². The topological polar surface area (TPSA) is 43.4 Å². The van der Waals surface area contributed by atoms with Gasteiger partial charge in [-0.3, -0.25) is 0 Å². The second-order valence-corrected chi connectivity index (χ2v) is 6.88. The van der Waals surface area contributed by atoms with Crippen molar-refractivity contribution in [1.29, 1.82) is 0 Å². The van der Waals surface area contributed by atoms with Crippen LogP contribution in [0.3, 0.4) is 0 Å². The molecule has 0 aliphatic rings. The van der Waals surface area contributed by atoms with Gasteiger partial charge in [0.25, 0.3) is 0 Å². The molecule has 0 spiro atoms. The maximum Gasteiger partial charge on any atom is 0.460 e. The molecule has 24 heavy (non-hydrogen) atoms. The molecule has 0 saturated heterocycles. The smallest absolute Gasteiger partial charge is 0.377 e. The maximum atomic E-state index is 13.4. The Balaban J connectivity index is 3.38. The van der Waals surface area contributed by atoms with Crippen LogP contribution in [-0.4, -0.2) is 31.7 Å². The van der Waals surface area contributed by atoms with Gasteiger partial charge in [0.15, 0.2) is 5.75 Å². The predicted octanol–water partition coefficient (Wildman–Crippen LogP) is 4.43. The Morgan fingerprint density at radius 2 is 1.29 bits per heavy atom. The monoisotopic (exact) mass is 502 g/mol. The van der Waals surface area contributed by atoms with E-state index in [0.29, 0.717) is 6.07 Å². The van der Waals surface area contributed by atoms with Crippen LogP contribution in [0.25, 0.3) is 0 Å². The Bertz CT molecular complexity index is 715. The number of hydrogen-bond acceptors (Lipinski definition) is 3. The molecule has 1 rings (SSSR count). The van der Waals surface area contributed by atoms with Crippen LogP contribution in [-0.2, 0) is 10.1 Å². The van der Waals surface area contributed by atoms with Gasteiger partial charge in [-0.25, -0.2) is 0 Å². The zero-order valence-electron chi connectivity index (χ0n) is 10.7. The average molecular weight is 502 g/mol. The van der Waals surface area contributed by atoms with E-state index in [0.717, 1.165) is 12.1 Å². The first kappa shape index (κ1) is 21.1. The van der Waals surface area contributed by atoms with Gasteiger partial charge in [0, 0.05) is 0 Å². The van der Waals surface area contributed by atoms with Crippen LogP contribution in [0.1, 0.15) is 0 Å². The Morgan fingerprint density at radius 1 is 0.833 bits per heavy atom. The van der Waals surface area contributed by atoms with Crippen LogP contribution < -0.4 is 4.18 Å². The first-order valence-electron chi connectivity index (χ1n) is 5.38. The van der Waals surface area contributed by atoms with Crippen molar-refractivity contribution in [2.24, 2.45) is 0 Å². The average Bonchev–Trinajstić information content (AvgIpc) is 2.39. The number of benzene rings is 1. The van der Waals surface area contributed by atoms with Gasteiger partial charge >= 0.3 is 33.4 Å². The first-order valence-corrected chi connectivity index (χ1v) is 7.86.